The highest BCUT2D eigenvalue weighted by Crippen LogP contribution is 2.40. The van der Waals surface area contributed by atoms with Crippen LogP contribution in [0.5, 0.6) is 0 Å². The average Bonchev–Trinajstić information content (AvgIpc) is 2.42. The van der Waals surface area contributed by atoms with E-state index < -0.39 is 0 Å². The number of hydrogen-bond acceptors (Lipinski definition) is 3. The molecule has 2 rings (SSSR count). The molecule has 2 aliphatic rings. The summed E-state index contributed by atoms with van der Waals surface area (Å²) in [6.45, 7) is 13.9. The summed E-state index contributed by atoms with van der Waals surface area (Å²) in [6.07, 6.45) is 5.93. The lowest BCUT2D eigenvalue weighted by molar-refractivity contribution is 0.0490. The van der Waals surface area contributed by atoms with Crippen molar-refractivity contribution in [3.8, 4) is 0 Å². The van der Waals surface area contributed by atoms with Gasteiger partial charge in [-0.15, -0.1) is 0 Å². The van der Waals surface area contributed by atoms with Crippen molar-refractivity contribution in [3.63, 3.8) is 0 Å². The topological polar surface area (TPSA) is 35.5 Å². The fraction of sp³-hybridized carbons (Fsp3) is 1.00. The fourth-order valence-corrected chi connectivity index (χ4v) is 4.22. The lowest BCUT2D eigenvalue weighted by Crippen LogP contribution is -2.49. The Morgan fingerprint density at radius 1 is 1.10 bits per heavy atom. The molecule has 0 aromatic heterocycles. The summed E-state index contributed by atoms with van der Waals surface area (Å²) in [7, 11) is 0. The normalized spacial score (nSPS) is 33.3. The number of nitrogens with zero attached hydrogens (tertiary/aromatic N) is 1. The van der Waals surface area contributed by atoms with E-state index in [0.29, 0.717) is 11.5 Å². The van der Waals surface area contributed by atoms with Crippen LogP contribution >= 0.6 is 0 Å². The van der Waals surface area contributed by atoms with E-state index in [-0.39, 0.29) is 6.10 Å². The molecule has 0 aromatic carbocycles. The largest absolute Gasteiger partial charge is 0.393 e. The molecule has 2 fully saturated rings. The van der Waals surface area contributed by atoms with Crippen LogP contribution in [0.25, 0.3) is 0 Å². The van der Waals surface area contributed by atoms with Gasteiger partial charge in [-0.2, -0.15) is 0 Å². The van der Waals surface area contributed by atoms with Crippen molar-refractivity contribution in [2.45, 2.75) is 71.9 Å². The van der Waals surface area contributed by atoms with Crippen LogP contribution in [0, 0.1) is 17.3 Å². The Bertz CT molecular complexity index is 305. The van der Waals surface area contributed by atoms with E-state index in [2.05, 4.69) is 37.9 Å². The molecule has 3 atom stereocenters. The molecule has 1 saturated heterocycles. The Morgan fingerprint density at radius 2 is 1.76 bits per heavy atom. The second-order valence-electron chi connectivity index (χ2n) is 8.33. The van der Waals surface area contributed by atoms with E-state index in [0.717, 1.165) is 44.3 Å². The molecule has 0 aromatic rings. The lowest BCUT2D eigenvalue weighted by atomic mass is 9.67. The van der Waals surface area contributed by atoms with E-state index in [1.807, 2.05) is 0 Å². The van der Waals surface area contributed by atoms with Crippen molar-refractivity contribution in [3.05, 3.63) is 0 Å². The van der Waals surface area contributed by atoms with Crippen LogP contribution in [0.2, 0.25) is 0 Å². The zero-order chi connectivity index (χ0) is 15.5. The molecule has 3 unspecified atom stereocenters. The first-order valence-electron chi connectivity index (χ1n) is 9.04. The maximum Gasteiger partial charge on any atom is 0.0564 e. The van der Waals surface area contributed by atoms with Gasteiger partial charge >= 0.3 is 0 Å². The van der Waals surface area contributed by atoms with Gasteiger partial charge < -0.3 is 15.3 Å². The quantitative estimate of drug-likeness (QED) is 0.837. The van der Waals surface area contributed by atoms with Crippen LogP contribution in [0.3, 0.4) is 0 Å². The molecule has 3 heteroatoms. The Kier molecular flexibility index (Phi) is 6.10. The Hall–Kier alpha value is -0.120. The minimum absolute atomic E-state index is 0.0560. The van der Waals surface area contributed by atoms with Gasteiger partial charge in [-0.3, -0.25) is 0 Å². The Labute approximate surface area is 131 Å². The van der Waals surface area contributed by atoms with E-state index in [4.69, 9.17) is 0 Å². The minimum atomic E-state index is -0.0560. The molecule has 1 saturated carbocycles. The number of aliphatic hydroxyl groups excluding tert-OH is 1. The van der Waals surface area contributed by atoms with E-state index in [1.165, 1.54) is 25.8 Å². The molecule has 3 nitrogen and oxygen atoms in total. The third-order valence-corrected chi connectivity index (χ3v) is 5.72. The first-order valence-corrected chi connectivity index (χ1v) is 9.04. The van der Waals surface area contributed by atoms with Gasteiger partial charge in [0.15, 0.2) is 0 Å². The van der Waals surface area contributed by atoms with Gasteiger partial charge in [0.05, 0.1) is 6.10 Å². The van der Waals surface area contributed by atoms with Crippen LogP contribution in [-0.4, -0.2) is 48.3 Å². The van der Waals surface area contributed by atoms with Gasteiger partial charge in [0, 0.05) is 25.7 Å². The van der Waals surface area contributed by atoms with Crippen LogP contribution in [0.1, 0.15) is 59.8 Å². The Balaban J connectivity index is 1.93. The van der Waals surface area contributed by atoms with Crippen molar-refractivity contribution in [1.29, 1.82) is 0 Å². The molecular formula is C18H36N2O. The van der Waals surface area contributed by atoms with E-state index in [9.17, 15) is 5.11 Å². The summed E-state index contributed by atoms with van der Waals surface area (Å²) >= 11 is 0. The highest BCUT2D eigenvalue weighted by atomic mass is 16.3. The van der Waals surface area contributed by atoms with Crippen molar-refractivity contribution in [1.82, 2.24) is 10.2 Å². The number of rotatable bonds is 4. The molecule has 21 heavy (non-hydrogen) atoms. The first kappa shape index (κ1) is 17.2. The third-order valence-electron chi connectivity index (χ3n) is 5.72. The highest BCUT2D eigenvalue weighted by Gasteiger charge is 2.36. The van der Waals surface area contributed by atoms with E-state index >= 15 is 0 Å². The first-order chi connectivity index (χ1) is 9.90. The smallest absolute Gasteiger partial charge is 0.0564 e. The molecular weight excluding hydrogens is 260 g/mol. The average molecular weight is 296 g/mol. The summed E-state index contributed by atoms with van der Waals surface area (Å²) in [5.41, 5.74) is 0.438. The summed E-state index contributed by atoms with van der Waals surface area (Å²) in [5, 5.41) is 13.4. The second-order valence-corrected chi connectivity index (χ2v) is 8.33. The van der Waals surface area contributed by atoms with Gasteiger partial charge in [0.25, 0.3) is 0 Å². The molecule has 2 N–H and O–H groups in total. The van der Waals surface area contributed by atoms with Crippen LogP contribution in [-0.2, 0) is 0 Å². The maximum atomic E-state index is 9.68. The standard InChI is InChI=1S/C18H36N2O/c1-5-19-17-7-6-15(18(2,3)4)12-14(17)13-20-10-8-16(21)9-11-20/h14-17,19,21H,5-13H2,1-4H3. The van der Waals surface area contributed by atoms with Crippen molar-refractivity contribution < 1.29 is 5.11 Å². The molecule has 0 radical (unpaired) electrons. The predicted molar refractivity (Wildman–Crippen MR) is 89.4 cm³/mol. The second kappa shape index (κ2) is 7.43. The molecule has 0 bridgehead atoms. The van der Waals surface area contributed by atoms with Gasteiger partial charge in [-0.25, -0.2) is 0 Å². The maximum absolute atomic E-state index is 9.68. The molecule has 0 spiro atoms. The zero-order valence-electron chi connectivity index (χ0n) is 14.6. The number of hydrogen-bond donors (Lipinski definition) is 2. The molecule has 0 amide bonds. The predicted octanol–water partition coefficient (Wildman–Crippen LogP) is 2.88. The van der Waals surface area contributed by atoms with Crippen LogP contribution < -0.4 is 5.32 Å². The molecule has 124 valence electrons. The number of nitrogens with one attached hydrogen (secondary N) is 1. The monoisotopic (exact) mass is 296 g/mol. The van der Waals surface area contributed by atoms with Gasteiger partial charge in [-0.05, 0) is 55.9 Å². The van der Waals surface area contributed by atoms with Crippen LogP contribution in [0.4, 0.5) is 0 Å². The third kappa shape index (κ3) is 4.94. The van der Waals surface area contributed by atoms with Crippen LogP contribution in [0.15, 0.2) is 0 Å². The summed E-state index contributed by atoms with van der Waals surface area (Å²) < 4.78 is 0. The lowest BCUT2D eigenvalue weighted by Gasteiger charge is -2.44. The van der Waals surface area contributed by atoms with Crippen molar-refractivity contribution >= 4 is 0 Å². The van der Waals surface area contributed by atoms with E-state index in [1.54, 1.807) is 0 Å². The minimum Gasteiger partial charge on any atom is -0.393 e. The number of piperidine rings is 1. The fourth-order valence-electron chi connectivity index (χ4n) is 4.22. The van der Waals surface area contributed by atoms with Gasteiger partial charge in [0.2, 0.25) is 0 Å². The number of likely N-dealkylation sites (tertiary alicyclic amines) is 1. The molecule has 1 aliphatic heterocycles. The summed E-state index contributed by atoms with van der Waals surface area (Å²) in [6, 6.07) is 0.695. The molecule has 1 aliphatic carbocycles. The highest BCUT2D eigenvalue weighted by molar-refractivity contribution is 4.90. The molecule has 1 heterocycles. The summed E-state index contributed by atoms with van der Waals surface area (Å²) in [4.78, 5) is 2.59. The SMILES string of the molecule is CCNC1CCC(C(C)(C)C)CC1CN1CCC(O)CC1. The van der Waals surface area contributed by atoms with Crippen molar-refractivity contribution in [2.24, 2.45) is 17.3 Å². The van der Waals surface area contributed by atoms with Crippen molar-refractivity contribution in [2.75, 3.05) is 26.2 Å². The van der Waals surface area contributed by atoms with Gasteiger partial charge in [-0.1, -0.05) is 27.7 Å². The summed E-state index contributed by atoms with van der Waals surface area (Å²) in [5.74, 6) is 1.63. The number of aliphatic hydroxyl groups is 1. The Morgan fingerprint density at radius 3 is 2.33 bits per heavy atom. The zero-order valence-corrected chi connectivity index (χ0v) is 14.6. The van der Waals surface area contributed by atoms with Gasteiger partial charge in [0.1, 0.15) is 0 Å².